The zero-order chi connectivity index (χ0) is 8.55. The standard InChI is InChI=1S/C8H13N3O/c9-8(12)11-4-6-2-1-3-7(6)10-5-11/h3,6,10H,1-2,4-5H2,(H2,9,12). The summed E-state index contributed by atoms with van der Waals surface area (Å²) in [5.41, 5.74) is 6.48. The Morgan fingerprint density at radius 1 is 1.75 bits per heavy atom. The zero-order valence-corrected chi connectivity index (χ0v) is 6.92. The summed E-state index contributed by atoms with van der Waals surface area (Å²) in [4.78, 5) is 12.5. The topological polar surface area (TPSA) is 58.4 Å². The predicted octanol–water partition coefficient (Wildman–Crippen LogP) is 0.222. The summed E-state index contributed by atoms with van der Waals surface area (Å²) in [6.45, 7) is 1.35. The monoisotopic (exact) mass is 167 g/mol. The van der Waals surface area contributed by atoms with Crippen molar-refractivity contribution in [2.24, 2.45) is 11.7 Å². The molecule has 1 aliphatic carbocycles. The number of amides is 2. The predicted molar refractivity (Wildman–Crippen MR) is 45.1 cm³/mol. The summed E-state index contributed by atoms with van der Waals surface area (Å²) >= 11 is 0. The second-order valence-corrected chi connectivity index (χ2v) is 3.33. The van der Waals surface area contributed by atoms with Crippen LogP contribution in [0.4, 0.5) is 4.79 Å². The summed E-state index contributed by atoms with van der Waals surface area (Å²) in [6.07, 6.45) is 4.48. The van der Waals surface area contributed by atoms with Crippen LogP contribution in [0.1, 0.15) is 12.8 Å². The Morgan fingerprint density at radius 2 is 2.58 bits per heavy atom. The van der Waals surface area contributed by atoms with Gasteiger partial charge in [0.2, 0.25) is 0 Å². The van der Waals surface area contributed by atoms with Crippen LogP contribution in [0.2, 0.25) is 0 Å². The molecule has 2 rings (SSSR count). The second-order valence-electron chi connectivity index (χ2n) is 3.33. The first kappa shape index (κ1) is 7.46. The molecule has 1 heterocycles. The highest BCUT2D eigenvalue weighted by Gasteiger charge is 2.27. The van der Waals surface area contributed by atoms with Gasteiger partial charge in [-0.15, -0.1) is 0 Å². The van der Waals surface area contributed by atoms with Crippen molar-refractivity contribution in [3.8, 4) is 0 Å². The van der Waals surface area contributed by atoms with Crippen molar-refractivity contribution in [3.05, 3.63) is 11.8 Å². The molecule has 0 aromatic heterocycles. The number of fused-ring (bicyclic) bond motifs is 1. The third kappa shape index (κ3) is 1.13. The number of nitrogens with one attached hydrogen (secondary N) is 1. The van der Waals surface area contributed by atoms with Crippen LogP contribution in [-0.2, 0) is 0 Å². The van der Waals surface area contributed by atoms with Gasteiger partial charge in [0.1, 0.15) is 0 Å². The molecule has 66 valence electrons. The van der Waals surface area contributed by atoms with Gasteiger partial charge in [0.15, 0.2) is 0 Å². The third-order valence-corrected chi connectivity index (χ3v) is 2.55. The number of urea groups is 1. The van der Waals surface area contributed by atoms with Crippen LogP contribution in [0.15, 0.2) is 11.8 Å². The molecule has 0 aromatic rings. The molecule has 4 nitrogen and oxygen atoms in total. The van der Waals surface area contributed by atoms with Crippen molar-refractivity contribution in [2.75, 3.05) is 13.2 Å². The minimum absolute atomic E-state index is 0.326. The number of allylic oxidation sites excluding steroid dienone is 1. The van der Waals surface area contributed by atoms with Crippen LogP contribution in [0.5, 0.6) is 0 Å². The first-order valence-electron chi connectivity index (χ1n) is 4.25. The first-order chi connectivity index (χ1) is 5.77. The van der Waals surface area contributed by atoms with Gasteiger partial charge < -0.3 is 16.0 Å². The van der Waals surface area contributed by atoms with Crippen LogP contribution in [0.25, 0.3) is 0 Å². The Kier molecular flexibility index (Phi) is 1.67. The highest BCUT2D eigenvalue weighted by atomic mass is 16.2. The molecule has 0 spiro atoms. The fourth-order valence-electron chi connectivity index (χ4n) is 1.85. The van der Waals surface area contributed by atoms with E-state index in [0.29, 0.717) is 12.6 Å². The number of carbonyl (C=O) groups is 1. The maximum Gasteiger partial charge on any atom is 0.316 e. The van der Waals surface area contributed by atoms with Crippen molar-refractivity contribution in [1.82, 2.24) is 10.2 Å². The van der Waals surface area contributed by atoms with E-state index in [1.807, 2.05) is 0 Å². The Hall–Kier alpha value is -1.19. The zero-order valence-electron chi connectivity index (χ0n) is 6.92. The summed E-state index contributed by atoms with van der Waals surface area (Å²) in [7, 11) is 0. The average molecular weight is 167 g/mol. The second kappa shape index (κ2) is 2.69. The maximum atomic E-state index is 10.8. The molecule has 2 aliphatic rings. The van der Waals surface area contributed by atoms with E-state index in [1.54, 1.807) is 4.90 Å². The van der Waals surface area contributed by atoms with Crippen LogP contribution in [0, 0.1) is 5.92 Å². The van der Waals surface area contributed by atoms with E-state index in [2.05, 4.69) is 11.4 Å². The highest BCUT2D eigenvalue weighted by molar-refractivity contribution is 5.72. The molecule has 1 atom stereocenters. The van der Waals surface area contributed by atoms with Crippen molar-refractivity contribution >= 4 is 6.03 Å². The first-order valence-corrected chi connectivity index (χ1v) is 4.25. The lowest BCUT2D eigenvalue weighted by atomic mass is 10.0. The molecule has 0 aromatic carbocycles. The molecule has 1 saturated heterocycles. The third-order valence-electron chi connectivity index (χ3n) is 2.55. The van der Waals surface area contributed by atoms with Gasteiger partial charge in [-0.1, -0.05) is 6.08 Å². The number of nitrogens with zero attached hydrogens (tertiary/aromatic N) is 1. The van der Waals surface area contributed by atoms with Crippen molar-refractivity contribution in [3.63, 3.8) is 0 Å². The summed E-state index contributed by atoms with van der Waals surface area (Å²) < 4.78 is 0. The molecule has 0 bridgehead atoms. The summed E-state index contributed by atoms with van der Waals surface area (Å²) in [5, 5.41) is 3.20. The van der Waals surface area contributed by atoms with Gasteiger partial charge in [-0.3, -0.25) is 0 Å². The lowest BCUT2D eigenvalue weighted by Crippen LogP contribution is -2.49. The van der Waals surface area contributed by atoms with Gasteiger partial charge in [-0.2, -0.15) is 0 Å². The van der Waals surface area contributed by atoms with Crippen LogP contribution in [-0.4, -0.2) is 24.1 Å². The van der Waals surface area contributed by atoms with E-state index in [4.69, 9.17) is 5.73 Å². The van der Waals surface area contributed by atoms with Gasteiger partial charge in [0, 0.05) is 18.2 Å². The molecule has 1 aliphatic heterocycles. The Balaban J connectivity index is 2.03. The van der Waals surface area contributed by atoms with E-state index in [1.165, 1.54) is 5.70 Å². The number of primary amides is 1. The van der Waals surface area contributed by atoms with Gasteiger partial charge in [-0.25, -0.2) is 4.79 Å². The number of nitrogens with two attached hydrogens (primary N) is 1. The minimum atomic E-state index is -0.326. The number of carbonyl (C=O) groups excluding carboxylic acids is 1. The van der Waals surface area contributed by atoms with Crippen LogP contribution >= 0.6 is 0 Å². The van der Waals surface area contributed by atoms with Gasteiger partial charge >= 0.3 is 6.03 Å². The van der Waals surface area contributed by atoms with E-state index in [0.717, 1.165) is 19.4 Å². The molecule has 3 N–H and O–H groups in total. The lowest BCUT2D eigenvalue weighted by Gasteiger charge is -2.32. The quantitative estimate of drug-likeness (QED) is 0.542. The SMILES string of the molecule is NC(=O)N1CNC2=CCCC2C1. The van der Waals surface area contributed by atoms with Crippen LogP contribution in [0.3, 0.4) is 0 Å². The van der Waals surface area contributed by atoms with Crippen molar-refractivity contribution in [2.45, 2.75) is 12.8 Å². The van der Waals surface area contributed by atoms with Crippen LogP contribution < -0.4 is 11.1 Å². The Bertz CT molecular complexity index is 236. The van der Waals surface area contributed by atoms with Gasteiger partial charge in [-0.05, 0) is 12.8 Å². The van der Waals surface area contributed by atoms with Crippen molar-refractivity contribution in [1.29, 1.82) is 0 Å². The smallest absolute Gasteiger partial charge is 0.316 e. The van der Waals surface area contributed by atoms with E-state index in [-0.39, 0.29) is 6.03 Å². The maximum absolute atomic E-state index is 10.8. The Morgan fingerprint density at radius 3 is 3.33 bits per heavy atom. The number of hydrogen-bond donors (Lipinski definition) is 2. The molecule has 12 heavy (non-hydrogen) atoms. The molecular formula is C8H13N3O. The fourth-order valence-corrected chi connectivity index (χ4v) is 1.85. The normalized spacial score (nSPS) is 27.5. The summed E-state index contributed by atoms with van der Waals surface area (Å²) in [5.74, 6) is 0.506. The summed E-state index contributed by atoms with van der Waals surface area (Å²) in [6, 6.07) is -0.326. The molecule has 0 radical (unpaired) electrons. The molecule has 2 amide bonds. The molecule has 1 unspecified atom stereocenters. The van der Waals surface area contributed by atoms with E-state index < -0.39 is 0 Å². The Labute approximate surface area is 71.4 Å². The molecule has 1 fully saturated rings. The van der Waals surface area contributed by atoms with Gasteiger partial charge in [0.05, 0.1) is 6.67 Å². The lowest BCUT2D eigenvalue weighted by molar-refractivity contribution is 0.184. The van der Waals surface area contributed by atoms with Crippen molar-refractivity contribution < 1.29 is 4.79 Å². The highest BCUT2D eigenvalue weighted by Crippen LogP contribution is 2.26. The molecule has 0 saturated carbocycles. The average Bonchev–Trinajstić information content (AvgIpc) is 2.49. The fraction of sp³-hybridized carbons (Fsp3) is 0.625. The largest absolute Gasteiger partial charge is 0.371 e. The number of hydrogen-bond acceptors (Lipinski definition) is 2. The van der Waals surface area contributed by atoms with Gasteiger partial charge in [0.25, 0.3) is 0 Å². The molecular weight excluding hydrogens is 154 g/mol. The molecule has 4 heteroatoms. The number of rotatable bonds is 0. The van der Waals surface area contributed by atoms with E-state index in [9.17, 15) is 4.79 Å². The minimum Gasteiger partial charge on any atom is -0.371 e. The van der Waals surface area contributed by atoms with E-state index >= 15 is 0 Å².